The van der Waals surface area contributed by atoms with Gasteiger partial charge in [-0.15, -0.1) is 0 Å². The van der Waals surface area contributed by atoms with Gasteiger partial charge in [0, 0.05) is 80.0 Å². The molecular formula is C80H94N6O18. The van der Waals surface area contributed by atoms with Gasteiger partial charge in [0.25, 0.3) is 0 Å². The largest absolute Gasteiger partial charge is 0.478 e. The smallest absolute Gasteiger partial charge is 0.410 e. The van der Waals surface area contributed by atoms with Gasteiger partial charge in [0.05, 0.1) is 43.8 Å². The first kappa shape index (κ1) is 77.4. The number of nitrogens with zero attached hydrogens (tertiary/aromatic N) is 5. The maximum atomic E-state index is 13.5. The molecule has 5 aliphatic heterocycles. The van der Waals surface area contributed by atoms with E-state index in [4.69, 9.17) is 33.2 Å². The lowest BCUT2D eigenvalue weighted by Gasteiger charge is -2.36. The van der Waals surface area contributed by atoms with Crippen LogP contribution in [0.15, 0.2) is 127 Å². The number of esters is 4. The molecule has 11 rings (SSSR count). The second-order valence-electron chi connectivity index (χ2n) is 28.5. The van der Waals surface area contributed by atoms with Gasteiger partial charge in [-0.1, -0.05) is 91.0 Å². The number of nitrogens with one attached hydrogen (secondary N) is 1. The lowest BCUT2D eigenvalue weighted by Crippen LogP contribution is -2.48. The summed E-state index contributed by atoms with van der Waals surface area (Å²) in [6, 6.07) is 38.8. The number of rotatable bonds is 16. The number of piperidine rings is 3. The van der Waals surface area contributed by atoms with Crippen molar-refractivity contribution in [3.05, 3.63) is 194 Å². The van der Waals surface area contributed by atoms with Crippen molar-refractivity contribution in [1.82, 2.24) is 14.7 Å². The molecule has 0 aromatic heterocycles. The van der Waals surface area contributed by atoms with E-state index in [0.29, 0.717) is 100 Å². The maximum Gasteiger partial charge on any atom is 0.410 e. The van der Waals surface area contributed by atoms with Gasteiger partial charge in [-0.2, -0.15) is 0 Å². The van der Waals surface area contributed by atoms with Crippen LogP contribution in [-0.4, -0.2) is 163 Å². The Hall–Kier alpha value is -10.8. The second-order valence-corrected chi connectivity index (χ2v) is 28.5. The highest BCUT2D eigenvalue weighted by atomic mass is 16.6. The summed E-state index contributed by atoms with van der Waals surface area (Å²) in [5.74, 6) is -5.01. The van der Waals surface area contributed by atoms with Crippen LogP contribution in [0.4, 0.5) is 31.4 Å². The van der Waals surface area contributed by atoms with Gasteiger partial charge in [0.2, 0.25) is 11.8 Å². The first-order chi connectivity index (χ1) is 49.5. The van der Waals surface area contributed by atoms with E-state index in [1.165, 1.54) is 20.3 Å². The molecule has 0 radical (unpaired) electrons. The summed E-state index contributed by atoms with van der Waals surface area (Å²) in [4.78, 5) is 135. The summed E-state index contributed by atoms with van der Waals surface area (Å²) < 4.78 is 37.4. The van der Waals surface area contributed by atoms with E-state index in [9.17, 15) is 53.1 Å². The summed E-state index contributed by atoms with van der Waals surface area (Å²) in [6.45, 7) is 19.3. The fourth-order valence-electron chi connectivity index (χ4n) is 13.3. The number of carboxylic acid groups (broad SMARTS) is 1. The number of hydrogen-bond donors (Lipinski definition) is 2. The predicted octanol–water partition coefficient (Wildman–Crippen LogP) is 12.6. The second kappa shape index (κ2) is 34.5. The molecule has 6 aromatic carbocycles. The Balaban J connectivity index is 0.000000185. The minimum Gasteiger partial charge on any atom is -0.478 e. The molecule has 104 heavy (non-hydrogen) atoms. The number of carbonyl (C=O) groups excluding carboxylic acids is 9. The molecule has 0 aliphatic carbocycles. The molecule has 24 nitrogen and oxygen atoms in total. The van der Waals surface area contributed by atoms with Crippen LogP contribution in [0.25, 0.3) is 0 Å². The maximum absolute atomic E-state index is 13.5. The van der Waals surface area contributed by atoms with E-state index >= 15 is 0 Å². The van der Waals surface area contributed by atoms with Gasteiger partial charge in [0.15, 0.2) is 5.92 Å². The molecule has 0 saturated carbocycles. The molecule has 6 aromatic rings. The third-order valence-electron chi connectivity index (χ3n) is 18.5. The number of carboxylic acids is 1. The van der Waals surface area contributed by atoms with Crippen LogP contribution in [0.5, 0.6) is 0 Å². The van der Waals surface area contributed by atoms with Crippen LogP contribution in [0.3, 0.4) is 0 Å². The molecular weight excluding hydrogens is 1330 g/mol. The van der Waals surface area contributed by atoms with Crippen molar-refractivity contribution in [1.29, 1.82) is 0 Å². The molecule has 3 saturated heterocycles. The Kier molecular flexibility index (Phi) is 25.6. The normalized spacial score (nSPS) is 15.5. The van der Waals surface area contributed by atoms with Crippen LogP contribution >= 0.6 is 0 Å². The Morgan fingerprint density at radius 2 is 0.808 bits per heavy atom. The Bertz CT molecular complexity index is 4080. The van der Waals surface area contributed by atoms with Crippen molar-refractivity contribution < 1.29 is 86.2 Å². The van der Waals surface area contributed by atoms with Crippen molar-refractivity contribution >= 4 is 77.0 Å². The highest BCUT2D eigenvalue weighted by Crippen LogP contribution is 2.39. The average molecular weight is 1430 g/mol. The van der Waals surface area contributed by atoms with Gasteiger partial charge in [-0.3, -0.25) is 19.2 Å². The lowest BCUT2D eigenvalue weighted by atomic mass is 9.91. The van der Waals surface area contributed by atoms with E-state index in [2.05, 4.69) is 5.32 Å². The predicted molar refractivity (Wildman–Crippen MR) is 387 cm³/mol. The minimum atomic E-state index is -1.46. The monoisotopic (exact) mass is 1430 g/mol. The summed E-state index contributed by atoms with van der Waals surface area (Å²) in [6.07, 6.45) is 3.33. The van der Waals surface area contributed by atoms with Crippen LogP contribution in [0.2, 0.25) is 0 Å². The highest BCUT2D eigenvalue weighted by molar-refractivity contribution is 6.06. The summed E-state index contributed by atoms with van der Waals surface area (Å²) >= 11 is 0. The van der Waals surface area contributed by atoms with Crippen LogP contribution in [0, 0.1) is 20.8 Å². The highest BCUT2D eigenvalue weighted by Gasteiger charge is 2.42. The third kappa shape index (κ3) is 20.1. The first-order valence-corrected chi connectivity index (χ1v) is 35.0. The van der Waals surface area contributed by atoms with Crippen molar-refractivity contribution in [3.63, 3.8) is 0 Å². The number of benzene rings is 6. The number of anilines is 3. The zero-order valence-electron chi connectivity index (χ0n) is 61.1. The van der Waals surface area contributed by atoms with Crippen molar-refractivity contribution in [2.45, 2.75) is 169 Å². The summed E-state index contributed by atoms with van der Waals surface area (Å²) in [7, 11) is 2.62. The van der Waals surface area contributed by atoms with Crippen molar-refractivity contribution in [2.24, 2.45) is 0 Å². The SMILES string of the molecule is COC(=O)c1cc(C(C(=O)OC(C)(C)C)C(=O)OC(C)(C)C)c(NC2CCN(C(=O)OCc3ccccc3)CC2)cc1C.COC(=O)c1cc2c(cc1C)N(C1CCN(C(=O)OCc3ccccc3)CC1)C(=O)C2.Cc1cc2c(cc1C(=O)O)CC(=O)N2C1CCN(C(=O)OCc2ccccc2)CC1. The molecule has 24 heteroatoms. The topological polar surface area (TPSA) is 284 Å². The number of ether oxygens (including phenoxy) is 7. The molecule has 3 fully saturated rings. The standard InChI is InChI=1S/C33H44N2O8.C24H26N2O5.C23H24N2O5/c1-21-18-26(34-23-14-16-35(17-15-23)31(39)41-20-22-12-10-9-11-13-22)25(19-24(21)28(36)40-8)27(29(37)42-32(2,3)4)30(38)43-33(5,6)7;1-16-12-21-18(13-20(16)23(28)30-2)14-22(27)26(21)19-8-10-25(11-9-19)24(29)31-15-17-6-4-3-5-7-17;1-15-11-20-17(12-19(15)22(27)28)13-21(26)25(20)18-7-9-24(10-8-18)23(29)30-14-16-5-3-2-4-6-16/h9-13,18-19,23,27,34H,14-17,20H2,1-8H3;3-7,12-13,19H,8-11,14-15H2,1-2H3;2-6,11-12,18H,7-10,13-14H2,1H3,(H,27,28). The van der Waals surface area contributed by atoms with Crippen LogP contribution in [0.1, 0.15) is 167 Å². The van der Waals surface area contributed by atoms with Crippen LogP contribution in [-0.2, 0) is 85.0 Å². The number of aromatic carboxylic acids is 1. The molecule has 0 spiro atoms. The summed E-state index contributed by atoms with van der Waals surface area (Å²) in [5, 5.41) is 12.8. The molecule has 5 aliphatic rings. The quantitative estimate of drug-likeness (QED) is 0.0517. The molecule has 5 heterocycles. The Morgan fingerprint density at radius 3 is 1.16 bits per heavy atom. The molecule has 552 valence electrons. The average Bonchev–Trinajstić information content (AvgIpc) is 1.40. The molecule has 0 bridgehead atoms. The first-order valence-electron chi connectivity index (χ1n) is 35.0. The van der Waals surface area contributed by atoms with Crippen molar-refractivity contribution in [3.8, 4) is 0 Å². The fraction of sp³-hybridized carbons (Fsp3) is 0.425. The minimum absolute atomic E-state index is 0.00741. The van der Waals surface area contributed by atoms with Crippen molar-refractivity contribution in [2.75, 3.05) is 68.6 Å². The molecule has 0 unspecified atom stereocenters. The van der Waals surface area contributed by atoms with Gasteiger partial charge >= 0.3 is 48.1 Å². The number of methoxy groups -OCH3 is 2. The molecule has 2 N–H and O–H groups in total. The zero-order chi connectivity index (χ0) is 75.2. The number of hydrogen-bond acceptors (Lipinski definition) is 18. The zero-order valence-corrected chi connectivity index (χ0v) is 61.1. The number of likely N-dealkylation sites (tertiary alicyclic amines) is 3. The van der Waals surface area contributed by atoms with E-state index in [1.807, 2.05) is 109 Å². The third-order valence-corrected chi connectivity index (χ3v) is 18.5. The lowest BCUT2D eigenvalue weighted by molar-refractivity contribution is -0.169. The van der Waals surface area contributed by atoms with E-state index in [-0.39, 0.29) is 97.6 Å². The fourth-order valence-corrected chi connectivity index (χ4v) is 13.3. The van der Waals surface area contributed by atoms with E-state index in [0.717, 1.165) is 44.8 Å². The number of amides is 5. The van der Waals surface area contributed by atoms with Gasteiger partial charge in [0.1, 0.15) is 31.0 Å². The number of fused-ring (bicyclic) bond motifs is 2. The van der Waals surface area contributed by atoms with E-state index < -0.39 is 47.0 Å². The Labute approximate surface area is 606 Å². The van der Waals surface area contributed by atoms with Crippen LogP contribution < -0.4 is 15.1 Å². The van der Waals surface area contributed by atoms with Gasteiger partial charge in [-0.25, -0.2) is 28.8 Å². The van der Waals surface area contributed by atoms with E-state index in [1.54, 1.807) is 99.3 Å². The Morgan fingerprint density at radius 1 is 0.471 bits per heavy atom. The molecule has 0 atom stereocenters. The number of carbonyl (C=O) groups is 10. The van der Waals surface area contributed by atoms with Gasteiger partial charge in [-0.05, 0) is 182 Å². The summed E-state index contributed by atoms with van der Waals surface area (Å²) in [5.41, 5.74) is 8.05. The van der Waals surface area contributed by atoms with Gasteiger partial charge < -0.3 is 68.1 Å². The number of aryl methyl sites for hydroxylation is 3. The molecule has 5 amide bonds.